The molecule has 0 atom stereocenters. The van der Waals surface area contributed by atoms with Crippen LogP contribution in [0.1, 0.15) is 34.3 Å². The molecule has 1 aliphatic heterocycles. The fourth-order valence-electron chi connectivity index (χ4n) is 3.43. The molecular weight excluding hydrogens is 380 g/mol. The minimum Gasteiger partial charge on any atom is -0.475 e. The smallest absolute Gasteiger partial charge is 0.254 e. The van der Waals surface area contributed by atoms with Gasteiger partial charge >= 0.3 is 0 Å². The van der Waals surface area contributed by atoms with Crippen LogP contribution in [0.2, 0.25) is 0 Å². The van der Waals surface area contributed by atoms with Crippen LogP contribution in [0.5, 0.6) is 0 Å². The number of aryl methyl sites for hydroxylation is 1. The zero-order valence-corrected chi connectivity index (χ0v) is 17.0. The Kier molecular flexibility index (Phi) is 5.22. The summed E-state index contributed by atoms with van der Waals surface area (Å²) in [6.07, 6.45) is 6.96. The molecule has 4 rings (SSSR count). The van der Waals surface area contributed by atoms with Gasteiger partial charge in [0.05, 0.1) is 5.56 Å². The molecule has 30 heavy (non-hydrogen) atoms. The fourth-order valence-corrected chi connectivity index (χ4v) is 3.43. The van der Waals surface area contributed by atoms with Crippen molar-refractivity contribution < 1.29 is 9.53 Å². The summed E-state index contributed by atoms with van der Waals surface area (Å²) in [5.41, 5.74) is 11.3. The number of carbonyl (C=O) groups is 1. The molecule has 0 spiro atoms. The van der Waals surface area contributed by atoms with Gasteiger partial charge in [0, 0.05) is 37.1 Å². The summed E-state index contributed by atoms with van der Waals surface area (Å²) in [6, 6.07) is 5.76. The average Bonchev–Trinajstić information content (AvgIpc) is 3.45. The van der Waals surface area contributed by atoms with Crippen molar-refractivity contribution in [3.63, 3.8) is 0 Å². The number of hydrogen-bond donors (Lipinski definition) is 4. The Labute approximate surface area is 174 Å². The topological polar surface area (TPSA) is 125 Å². The maximum atomic E-state index is 12.2. The first-order chi connectivity index (χ1) is 14.5. The van der Waals surface area contributed by atoms with E-state index in [0.717, 1.165) is 40.8 Å². The highest BCUT2D eigenvalue weighted by Gasteiger charge is 2.26. The minimum absolute atomic E-state index is 0.0705. The van der Waals surface area contributed by atoms with Gasteiger partial charge in [0.25, 0.3) is 5.91 Å². The van der Waals surface area contributed by atoms with Gasteiger partial charge in [-0.1, -0.05) is 6.07 Å². The van der Waals surface area contributed by atoms with Crippen molar-refractivity contribution in [2.45, 2.75) is 32.4 Å². The molecule has 1 aliphatic carbocycles. The molecule has 5 N–H and O–H groups in total. The number of anilines is 1. The van der Waals surface area contributed by atoms with Crippen LogP contribution < -0.4 is 16.4 Å². The Balaban J connectivity index is 1.58. The van der Waals surface area contributed by atoms with Crippen molar-refractivity contribution in [1.82, 2.24) is 10.3 Å². The number of ether oxygens (including phenoxy) is 1. The van der Waals surface area contributed by atoms with Crippen LogP contribution >= 0.6 is 0 Å². The number of aliphatic imine (C=N–C) groups is 1. The molecule has 2 aliphatic rings. The van der Waals surface area contributed by atoms with E-state index in [4.69, 9.17) is 15.9 Å². The number of nitrogens with one attached hydrogen (secondary N) is 3. The van der Waals surface area contributed by atoms with Crippen molar-refractivity contribution in [3.8, 4) is 11.1 Å². The van der Waals surface area contributed by atoms with Crippen molar-refractivity contribution >= 4 is 29.1 Å². The Hall–Kier alpha value is -3.68. The zero-order valence-electron chi connectivity index (χ0n) is 17.0. The highest BCUT2D eigenvalue weighted by atomic mass is 16.5. The van der Waals surface area contributed by atoms with Gasteiger partial charge in [-0.05, 0) is 54.7 Å². The lowest BCUT2D eigenvalue weighted by molar-refractivity contribution is 0.0966. The summed E-state index contributed by atoms with van der Waals surface area (Å²) in [5.74, 6) is 0.731. The molecule has 1 amide bonds. The van der Waals surface area contributed by atoms with E-state index in [1.165, 1.54) is 12.2 Å². The number of nitrogens with zero attached hydrogens (tertiary/aromatic N) is 2. The van der Waals surface area contributed by atoms with Gasteiger partial charge in [0.15, 0.2) is 5.82 Å². The first-order valence-corrected chi connectivity index (χ1v) is 9.82. The third kappa shape index (κ3) is 4.03. The van der Waals surface area contributed by atoms with Gasteiger partial charge in [-0.3, -0.25) is 10.2 Å². The van der Waals surface area contributed by atoms with Crippen molar-refractivity contribution in [2.24, 2.45) is 10.7 Å². The number of rotatable bonds is 6. The van der Waals surface area contributed by atoms with Gasteiger partial charge in [0.1, 0.15) is 11.9 Å². The highest BCUT2D eigenvalue weighted by Crippen LogP contribution is 2.35. The van der Waals surface area contributed by atoms with E-state index >= 15 is 0 Å². The number of hydrogen-bond acceptors (Lipinski definition) is 6. The third-order valence-corrected chi connectivity index (χ3v) is 5.09. The van der Waals surface area contributed by atoms with Gasteiger partial charge in [-0.15, -0.1) is 0 Å². The summed E-state index contributed by atoms with van der Waals surface area (Å²) in [7, 11) is 1.80. The SMILES string of the molecule is CNc1ccc(-c2cnc(N=C(N)/C=C\C(=N)OC3CC3)cc2C)c2c1C(=O)NC2. The fraction of sp³-hybridized carbons (Fsp3) is 0.273. The Morgan fingerprint density at radius 1 is 1.37 bits per heavy atom. The number of aromatic nitrogens is 1. The summed E-state index contributed by atoms with van der Waals surface area (Å²) < 4.78 is 5.34. The molecule has 1 aromatic carbocycles. The van der Waals surface area contributed by atoms with E-state index in [2.05, 4.69) is 20.6 Å². The molecule has 0 saturated heterocycles. The van der Waals surface area contributed by atoms with Crippen molar-refractivity contribution in [1.29, 1.82) is 5.41 Å². The van der Waals surface area contributed by atoms with Gasteiger partial charge in [0.2, 0.25) is 5.90 Å². The van der Waals surface area contributed by atoms with Crippen LogP contribution in [-0.2, 0) is 11.3 Å². The second-order valence-corrected chi connectivity index (χ2v) is 7.36. The molecule has 2 heterocycles. The molecule has 0 unspecified atom stereocenters. The Bertz CT molecular complexity index is 1090. The van der Waals surface area contributed by atoms with E-state index in [0.29, 0.717) is 17.9 Å². The summed E-state index contributed by atoms with van der Waals surface area (Å²) in [4.78, 5) is 21.0. The monoisotopic (exact) mass is 404 g/mol. The van der Waals surface area contributed by atoms with E-state index in [1.54, 1.807) is 13.2 Å². The van der Waals surface area contributed by atoms with Gasteiger partial charge in [-0.25, -0.2) is 9.98 Å². The lowest BCUT2D eigenvalue weighted by Crippen LogP contribution is -2.13. The summed E-state index contributed by atoms with van der Waals surface area (Å²) in [6.45, 7) is 2.47. The van der Waals surface area contributed by atoms with E-state index < -0.39 is 0 Å². The molecule has 2 aromatic rings. The standard InChI is InChI=1S/C22H24N6O2/c1-12-9-20(28-18(23)7-8-19(24)30-13-3-4-13)26-10-15(12)14-5-6-17(25-2)21-16(14)11-27-22(21)29/h5-10,13,24-25H,3-4,11H2,1-2H3,(H,27,29)(H2,23,26,28)/b8-7-,24-19?. The predicted octanol–water partition coefficient (Wildman–Crippen LogP) is 3.04. The van der Waals surface area contributed by atoms with E-state index in [1.807, 2.05) is 25.1 Å². The lowest BCUT2D eigenvalue weighted by Gasteiger charge is -2.13. The second kappa shape index (κ2) is 7.98. The molecule has 8 heteroatoms. The predicted molar refractivity (Wildman–Crippen MR) is 117 cm³/mol. The largest absolute Gasteiger partial charge is 0.475 e. The molecule has 154 valence electrons. The number of carbonyl (C=O) groups excluding carboxylic acids is 1. The quantitative estimate of drug-likeness (QED) is 0.435. The number of benzene rings is 1. The highest BCUT2D eigenvalue weighted by molar-refractivity contribution is 6.05. The minimum atomic E-state index is -0.0705. The molecule has 1 aromatic heterocycles. The Morgan fingerprint density at radius 3 is 2.87 bits per heavy atom. The summed E-state index contributed by atoms with van der Waals surface area (Å²) >= 11 is 0. The van der Waals surface area contributed by atoms with Crippen LogP contribution in [0.4, 0.5) is 11.5 Å². The van der Waals surface area contributed by atoms with Crippen molar-refractivity contribution in [3.05, 3.63) is 53.2 Å². The number of amides is 1. The van der Waals surface area contributed by atoms with Crippen LogP contribution in [0.25, 0.3) is 11.1 Å². The van der Waals surface area contributed by atoms with Crippen LogP contribution in [0, 0.1) is 12.3 Å². The lowest BCUT2D eigenvalue weighted by atomic mass is 9.94. The first kappa shape index (κ1) is 19.6. The van der Waals surface area contributed by atoms with Gasteiger partial charge in [-0.2, -0.15) is 0 Å². The second-order valence-electron chi connectivity index (χ2n) is 7.36. The average molecular weight is 404 g/mol. The van der Waals surface area contributed by atoms with Crippen LogP contribution in [0.15, 0.2) is 41.5 Å². The normalized spacial score (nSPS) is 15.8. The molecular formula is C22H24N6O2. The van der Waals surface area contributed by atoms with Crippen LogP contribution in [-0.4, -0.2) is 35.8 Å². The number of pyridine rings is 1. The molecule has 0 radical (unpaired) electrons. The number of nitrogens with two attached hydrogens (primary N) is 1. The maximum absolute atomic E-state index is 12.2. The van der Waals surface area contributed by atoms with E-state index in [9.17, 15) is 4.79 Å². The summed E-state index contributed by atoms with van der Waals surface area (Å²) in [5, 5.41) is 13.7. The first-order valence-electron chi connectivity index (χ1n) is 9.82. The number of amidine groups is 1. The number of fused-ring (bicyclic) bond motifs is 1. The maximum Gasteiger partial charge on any atom is 0.254 e. The third-order valence-electron chi connectivity index (χ3n) is 5.09. The molecule has 0 bridgehead atoms. The molecule has 8 nitrogen and oxygen atoms in total. The van der Waals surface area contributed by atoms with Gasteiger partial charge < -0.3 is 21.1 Å². The van der Waals surface area contributed by atoms with Crippen LogP contribution in [0.3, 0.4) is 0 Å². The van der Waals surface area contributed by atoms with Crippen molar-refractivity contribution in [2.75, 3.05) is 12.4 Å². The molecule has 1 saturated carbocycles. The molecule has 1 fully saturated rings. The van der Waals surface area contributed by atoms with E-state index in [-0.39, 0.29) is 23.7 Å². The Morgan fingerprint density at radius 2 is 2.17 bits per heavy atom. The zero-order chi connectivity index (χ0) is 21.3.